The van der Waals surface area contributed by atoms with Gasteiger partial charge in [-0.15, -0.1) is 0 Å². The van der Waals surface area contributed by atoms with Crippen LogP contribution in [0.2, 0.25) is 0 Å². The van der Waals surface area contributed by atoms with Gasteiger partial charge in [-0.2, -0.15) is 0 Å². The van der Waals surface area contributed by atoms with Crippen molar-refractivity contribution < 1.29 is 23.4 Å². The Kier molecular flexibility index (Phi) is 6.34. The summed E-state index contributed by atoms with van der Waals surface area (Å²) in [6.45, 7) is 6.66. The van der Waals surface area contributed by atoms with Gasteiger partial charge in [0, 0.05) is 23.6 Å². The number of ether oxygens (including phenoxy) is 3. The molecule has 29 heavy (non-hydrogen) atoms. The number of benzene rings is 2. The first-order valence-corrected chi connectivity index (χ1v) is 9.34. The maximum absolute atomic E-state index is 12.2. The van der Waals surface area contributed by atoms with E-state index in [1.807, 2.05) is 26.8 Å². The van der Waals surface area contributed by atoms with Gasteiger partial charge in [0.2, 0.25) is 0 Å². The molecule has 3 rings (SSSR count). The Morgan fingerprint density at radius 1 is 1.00 bits per heavy atom. The zero-order valence-corrected chi connectivity index (χ0v) is 16.6. The quantitative estimate of drug-likeness (QED) is 0.254. The molecule has 0 radical (unpaired) electrons. The van der Waals surface area contributed by atoms with E-state index in [0.717, 1.165) is 16.5 Å². The molecule has 0 saturated heterocycles. The van der Waals surface area contributed by atoms with E-state index in [0.29, 0.717) is 36.0 Å². The minimum Gasteiger partial charge on any atom is -0.490 e. The average molecular weight is 394 g/mol. The highest BCUT2D eigenvalue weighted by atomic mass is 16.5. The number of rotatable bonds is 7. The van der Waals surface area contributed by atoms with Crippen molar-refractivity contribution in [3.05, 3.63) is 70.1 Å². The summed E-state index contributed by atoms with van der Waals surface area (Å²) in [7, 11) is 0. The highest BCUT2D eigenvalue weighted by Crippen LogP contribution is 2.29. The van der Waals surface area contributed by atoms with Crippen molar-refractivity contribution in [1.82, 2.24) is 0 Å². The molecule has 0 spiro atoms. The van der Waals surface area contributed by atoms with Gasteiger partial charge in [-0.1, -0.05) is 6.07 Å². The summed E-state index contributed by atoms with van der Waals surface area (Å²) < 4.78 is 21.6. The molecule has 6 heteroatoms. The lowest BCUT2D eigenvalue weighted by atomic mass is 10.1. The molecule has 1 aromatic heterocycles. The van der Waals surface area contributed by atoms with Gasteiger partial charge >= 0.3 is 11.6 Å². The van der Waals surface area contributed by atoms with Gasteiger partial charge in [0.15, 0.2) is 11.5 Å². The van der Waals surface area contributed by atoms with E-state index in [4.69, 9.17) is 18.6 Å². The maximum Gasteiger partial charge on any atom is 0.336 e. The molecule has 0 aliphatic carbocycles. The number of esters is 1. The summed E-state index contributed by atoms with van der Waals surface area (Å²) >= 11 is 0. The van der Waals surface area contributed by atoms with Crippen LogP contribution in [0, 0.1) is 6.92 Å². The lowest BCUT2D eigenvalue weighted by Crippen LogP contribution is -2.04. The molecule has 0 bridgehead atoms. The van der Waals surface area contributed by atoms with E-state index in [1.165, 1.54) is 18.2 Å². The third-order valence-electron chi connectivity index (χ3n) is 4.12. The molecule has 0 aliphatic heterocycles. The van der Waals surface area contributed by atoms with Crippen molar-refractivity contribution in [2.24, 2.45) is 0 Å². The first kappa shape index (κ1) is 20.2. The maximum atomic E-state index is 12.2. The van der Waals surface area contributed by atoms with Crippen LogP contribution < -0.4 is 19.8 Å². The van der Waals surface area contributed by atoms with Gasteiger partial charge in [-0.3, -0.25) is 0 Å². The van der Waals surface area contributed by atoms with Gasteiger partial charge in [0.25, 0.3) is 0 Å². The minimum absolute atomic E-state index is 0.294. The van der Waals surface area contributed by atoms with Crippen LogP contribution >= 0.6 is 0 Å². The summed E-state index contributed by atoms with van der Waals surface area (Å²) in [6, 6.07) is 11.8. The zero-order chi connectivity index (χ0) is 20.8. The van der Waals surface area contributed by atoms with Gasteiger partial charge in [-0.05, 0) is 62.2 Å². The van der Waals surface area contributed by atoms with Crippen molar-refractivity contribution in [1.29, 1.82) is 0 Å². The van der Waals surface area contributed by atoms with E-state index in [2.05, 4.69) is 0 Å². The van der Waals surface area contributed by atoms with Crippen molar-refractivity contribution >= 4 is 23.0 Å². The van der Waals surface area contributed by atoms with Crippen LogP contribution in [-0.2, 0) is 4.79 Å². The molecular formula is C23H22O6. The molecule has 0 atom stereocenters. The zero-order valence-electron chi connectivity index (χ0n) is 16.6. The molecule has 3 aromatic rings. The Labute approximate surface area is 168 Å². The highest BCUT2D eigenvalue weighted by molar-refractivity contribution is 5.89. The number of carbonyl (C=O) groups excluding carboxylic acids is 1. The molecule has 0 saturated carbocycles. The lowest BCUT2D eigenvalue weighted by Gasteiger charge is -2.11. The predicted octanol–water partition coefficient (Wildman–Crippen LogP) is 4.52. The number of hydrogen-bond donors (Lipinski definition) is 0. The predicted molar refractivity (Wildman–Crippen MR) is 111 cm³/mol. The van der Waals surface area contributed by atoms with Crippen LogP contribution in [0.5, 0.6) is 17.2 Å². The van der Waals surface area contributed by atoms with E-state index in [9.17, 15) is 9.59 Å². The molecule has 0 unspecified atom stereocenters. The van der Waals surface area contributed by atoms with Gasteiger partial charge in [-0.25, -0.2) is 9.59 Å². The molecule has 0 aliphatic rings. The Bertz CT molecular complexity index is 1110. The lowest BCUT2D eigenvalue weighted by molar-refractivity contribution is -0.128. The molecule has 2 aromatic carbocycles. The van der Waals surface area contributed by atoms with E-state index >= 15 is 0 Å². The molecule has 1 heterocycles. The fraction of sp³-hybridized carbons (Fsp3) is 0.217. The molecular weight excluding hydrogens is 372 g/mol. The van der Waals surface area contributed by atoms with Crippen molar-refractivity contribution in [3.63, 3.8) is 0 Å². The number of aryl methyl sites for hydroxylation is 1. The smallest absolute Gasteiger partial charge is 0.336 e. The second-order valence-electron chi connectivity index (χ2n) is 6.23. The summed E-state index contributed by atoms with van der Waals surface area (Å²) in [5.74, 6) is 1.01. The average Bonchev–Trinajstić information content (AvgIpc) is 2.68. The summed E-state index contributed by atoms with van der Waals surface area (Å²) in [5.41, 5.74) is 1.50. The van der Waals surface area contributed by atoms with Gasteiger partial charge in [0.1, 0.15) is 11.3 Å². The molecule has 6 nitrogen and oxygen atoms in total. The Morgan fingerprint density at radius 3 is 2.52 bits per heavy atom. The number of fused-ring (bicyclic) bond motifs is 1. The fourth-order valence-electron chi connectivity index (χ4n) is 2.85. The Hall–Kier alpha value is -3.54. The van der Waals surface area contributed by atoms with Crippen LogP contribution in [0.15, 0.2) is 57.8 Å². The third-order valence-corrected chi connectivity index (χ3v) is 4.12. The van der Waals surface area contributed by atoms with E-state index < -0.39 is 11.6 Å². The van der Waals surface area contributed by atoms with Crippen LogP contribution in [0.25, 0.3) is 17.0 Å². The van der Waals surface area contributed by atoms with Crippen molar-refractivity contribution in [2.45, 2.75) is 20.8 Å². The van der Waals surface area contributed by atoms with Gasteiger partial charge < -0.3 is 18.6 Å². The monoisotopic (exact) mass is 394 g/mol. The first-order valence-electron chi connectivity index (χ1n) is 9.34. The van der Waals surface area contributed by atoms with Crippen LogP contribution in [-0.4, -0.2) is 19.2 Å². The van der Waals surface area contributed by atoms with Crippen LogP contribution in [0.1, 0.15) is 25.0 Å². The number of hydrogen-bond acceptors (Lipinski definition) is 6. The minimum atomic E-state index is -0.550. The Morgan fingerprint density at radius 2 is 1.76 bits per heavy atom. The standard InChI is InChI=1S/C23H22O6/c1-4-26-19-10-6-16(13-21(19)27-5-2)7-11-22(24)28-17-8-9-18-15(3)12-23(25)29-20(18)14-17/h6-14H,4-5H2,1-3H3/b11-7+. The summed E-state index contributed by atoms with van der Waals surface area (Å²) in [6.07, 6.45) is 2.95. The molecule has 150 valence electrons. The second-order valence-corrected chi connectivity index (χ2v) is 6.23. The topological polar surface area (TPSA) is 75.0 Å². The number of carbonyl (C=O) groups is 1. The second kappa shape index (κ2) is 9.10. The summed E-state index contributed by atoms with van der Waals surface area (Å²) in [5, 5.41) is 0.790. The van der Waals surface area contributed by atoms with E-state index in [1.54, 1.807) is 30.3 Å². The molecule has 0 amide bonds. The molecule has 0 N–H and O–H groups in total. The van der Waals surface area contributed by atoms with Gasteiger partial charge in [0.05, 0.1) is 13.2 Å². The molecule has 0 fully saturated rings. The highest BCUT2D eigenvalue weighted by Gasteiger charge is 2.08. The third kappa shape index (κ3) is 5.04. The van der Waals surface area contributed by atoms with Crippen molar-refractivity contribution in [3.8, 4) is 17.2 Å². The Balaban J connectivity index is 1.75. The van der Waals surface area contributed by atoms with E-state index in [-0.39, 0.29) is 0 Å². The largest absolute Gasteiger partial charge is 0.490 e. The van der Waals surface area contributed by atoms with Crippen molar-refractivity contribution in [2.75, 3.05) is 13.2 Å². The van der Waals surface area contributed by atoms with Crippen LogP contribution in [0.3, 0.4) is 0 Å². The SMILES string of the molecule is CCOc1ccc(/C=C/C(=O)Oc2ccc3c(C)cc(=O)oc3c2)cc1OCC. The fourth-order valence-corrected chi connectivity index (χ4v) is 2.85. The first-order chi connectivity index (χ1) is 14.0. The summed E-state index contributed by atoms with van der Waals surface area (Å²) in [4.78, 5) is 23.7. The normalized spacial score (nSPS) is 11.0. The van der Waals surface area contributed by atoms with Crippen LogP contribution in [0.4, 0.5) is 0 Å².